The molecular formula is C21H23N3OS. The summed E-state index contributed by atoms with van der Waals surface area (Å²) in [6.07, 6.45) is 7.62. The lowest BCUT2D eigenvalue weighted by atomic mass is 9.98. The maximum atomic E-state index is 12.8. The molecule has 4 nitrogen and oxygen atoms in total. The second-order valence-electron chi connectivity index (χ2n) is 6.71. The van der Waals surface area contributed by atoms with E-state index in [1.807, 2.05) is 18.2 Å². The van der Waals surface area contributed by atoms with E-state index in [-0.39, 0.29) is 5.78 Å². The number of nitrogens with zero attached hydrogens (tertiary/aromatic N) is 1. The summed E-state index contributed by atoms with van der Waals surface area (Å²) in [5, 5.41) is 4.53. The summed E-state index contributed by atoms with van der Waals surface area (Å²) < 4.78 is 0. The zero-order valence-electron chi connectivity index (χ0n) is 14.7. The van der Waals surface area contributed by atoms with Gasteiger partial charge in [0.1, 0.15) is 0 Å². The second kappa shape index (κ2) is 7.48. The Labute approximate surface area is 158 Å². The number of rotatable bonds is 5. The summed E-state index contributed by atoms with van der Waals surface area (Å²) in [5.41, 5.74) is 10.2. The van der Waals surface area contributed by atoms with Crippen LogP contribution in [0.15, 0.2) is 48.6 Å². The Morgan fingerprint density at radius 1 is 1.19 bits per heavy atom. The number of nitrogens with two attached hydrogens (primary N) is 1. The van der Waals surface area contributed by atoms with E-state index in [9.17, 15) is 4.79 Å². The molecule has 4 rings (SSSR count). The first kappa shape index (κ1) is 17.1. The predicted molar refractivity (Wildman–Crippen MR) is 110 cm³/mol. The van der Waals surface area contributed by atoms with Crippen LogP contribution in [0.3, 0.4) is 0 Å². The molecule has 1 aromatic heterocycles. The normalized spacial score (nSPS) is 16.8. The molecule has 0 amide bonds. The molecule has 2 aromatic rings. The van der Waals surface area contributed by atoms with Gasteiger partial charge >= 0.3 is 0 Å². The molecule has 134 valence electrons. The van der Waals surface area contributed by atoms with Crippen LogP contribution in [0.5, 0.6) is 0 Å². The van der Waals surface area contributed by atoms with Crippen LogP contribution >= 0.6 is 11.3 Å². The summed E-state index contributed by atoms with van der Waals surface area (Å²) in [7, 11) is 0. The van der Waals surface area contributed by atoms with Gasteiger partial charge in [0.25, 0.3) is 0 Å². The first-order valence-corrected chi connectivity index (χ1v) is 9.85. The molecule has 1 saturated heterocycles. The minimum absolute atomic E-state index is 0.138. The lowest BCUT2D eigenvalue weighted by Gasteiger charge is -2.27. The van der Waals surface area contributed by atoms with Crippen molar-refractivity contribution in [3.8, 4) is 0 Å². The highest BCUT2D eigenvalue weighted by Gasteiger charge is 2.17. The lowest BCUT2D eigenvalue weighted by molar-refractivity contribution is 0.0997. The highest BCUT2D eigenvalue weighted by Crippen LogP contribution is 2.30. The molecule has 26 heavy (non-hydrogen) atoms. The minimum atomic E-state index is 0.138. The summed E-state index contributed by atoms with van der Waals surface area (Å²) in [4.78, 5) is 15.9. The highest BCUT2D eigenvalue weighted by atomic mass is 32.1. The molecule has 2 aliphatic rings. The van der Waals surface area contributed by atoms with Crippen LogP contribution in [0.1, 0.15) is 27.2 Å². The van der Waals surface area contributed by atoms with Crippen molar-refractivity contribution in [2.75, 3.05) is 36.8 Å². The van der Waals surface area contributed by atoms with E-state index in [1.54, 1.807) is 11.3 Å². The van der Waals surface area contributed by atoms with Crippen LogP contribution in [0.4, 0.5) is 10.7 Å². The van der Waals surface area contributed by atoms with Crippen LogP contribution in [-0.2, 0) is 6.42 Å². The molecule has 0 atom stereocenters. The van der Waals surface area contributed by atoms with Crippen molar-refractivity contribution in [1.82, 2.24) is 5.32 Å². The van der Waals surface area contributed by atoms with Crippen molar-refractivity contribution < 1.29 is 4.79 Å². The zero-order chi connectivity index (χ0) is 17.9. The third kappa shape index (κ3) is 3.59. The minimum Gasteiger partial charge on any atom is -0.398 e. The van der Waals surface area contributed by atoms with Gasteiger partial charge in [0.05, 0.1) is 9.88 Å². The standard InChI is InChI=1S/C21H23N3OS/c22-18-6-5-16(15-3-1-2-4-15)13-17(18)14-19(25)20-7-8-21(26-20)24-11-9-23-10-12-24/h1-3,5-8,13,23H,4,9-12,14,22H2. The number of hydrogen-bond acceptors (Lipinski definition) is 5. The summed E-state index contributed by atoms with van der Waals surface area (Å²) >= 11 is 1.59. The van der Waals surface area contributed by atoms with Gasteiger partial charge in [0, 0.05) is 38.3 Å². The van der Waals surface area contributed by atoms with Crippen LogP contribution in [0, 0.1) is 0 Å². The number of carbonyl (C=O) groups excluding carboxylic acids is 1. The molecule has 0 spiro atoms. The molecular weight excluding hydrogens is 342 g/mol. The van der Waals surface area contributed by atoms with Crippen molar-refractivity contribution in [2.45, 2.75) is 12.8 Å². The van der Waals surface area contributed by atoms with E-state index in [0.29, 0.717) is 12.1 Å². The fraction of sp³-hybridized carbons (Fsp3) is 0.286. The number of nitrogens with one attached hydrogen (secondary N) is 1. The van der Waals surface area contributed by atoms with Crippen LogP contribution in [0.2, 0.25) is 0 Å². The number of benzene rings is 1. The molecule has 1 aromatic carbocycles. The van der Waals surface area contributed by atoms with Crippen molar-refractivity contribution >= 4 is 33.4 Å². The largest absolute Gasteiger partial charge is 0.398 e. The molecule has 3 N–H and O–H groups in total. The van der Waals surface area contributed by atoms with Gasteiger partial charge in [0.15, 0.2) is 5.78 Å². The number of Topliss-reactive ketones (excluding diaryl/α,β-unsaturated/α-hetero) is 1. The van der Waals surface area contributed by atoms with Gasteiger partial charge in [-0.2, -0.15) is 0 Å². The number of thiophene rings is 1. The molecule has 1 aliphatic carbocycles. The van der Waals surface area contributed by atoms with Gasteiger partial charge in [-0.15, -0.1) is 11.3 Å². The summed E-state index contributed by atoms with van der Waals surface area (Å²) in [6.45, 7) is 3.98. The quantitative estimate of drug-likeness (QED) is 0.629. The molecule has 0 unspecified atom stereocenters. The van der Waals surface area contributed by atoms with Gasteiger partial charge < -0.3 is 16.0 Å². The SMILES string of the molecule is Nc1ccc(C2=CC=CC2)cc1CC(=O)c1ccc(N2CCNCC2)s1. The number of ketones is 1. The number of allylic oxidation sites excluding steroid dienone is 4. The van der Waals surface area contributed by atoms with Crippen molar-refractivity contribution in [3.05, 3.63) is 64.6 Å². The van der Waals surface area contributed by atoms with Gasteiger partial charge in [-0.1, -0.05) is 24.3 Å². The average molecular weight is 366 g/mol. The Kier molecular flexibility index (Phi) is 4.91. The number of anilines is 2. The maximum absolute atomic E-state index is 12.8. The topological polar surface area (TPSA) is 58.4 Å². The molecule has 1 fully saturated rings. The Hall–Kier alpha value is -2.37. The monoisotopic (exact) mass is 365 g/mol. The Bertz CT molecular complexity index is 875. The molecule has 0 bridgehead atoms. The van der Waals surface area contributed by atoms with E-state index in [0.717, 1.165) is 48.6 Å². The van der Waals surface area contributed by atoms with E-state index in [2.05, 4.69) is 40.6 Å². The maximum Gasteiger partial charge on any atom is 0.177 e. The number of carbonyl (C=O) groups is 1. The van der Waals surface area contributed by atoms with Crippen LogP contribution in [-0.4, -0.2) is 32.0 Å². The third-order valence-corrected chi connectivity index (χ3v) is 6.12. The summed E-state index contributed by atoms with van der Waals surface area (Å²) in [6, 6.07) is 10.0. The predicted octanol–water partition coefficient (Wildman–Crippen LogP) is 3.51. The molecule has 1 aliphatic heterocycles. The Balaban J connectivity index is 1.49. The smallest absolute Gasteiger partial charge is 0.177 e. The average Bonchev–Trinajstić information content (AvgIpc) is 3.36. The third-order valence-electron chi connectivity index (χ3n) is 4.93. The highest BCUT2D eigenvalue weighted by molar-refractivity contribution is 7.18. The number of hydrogen-bond donors (Lipinski definition) is 2. The van der Waals surface area contributed by atoms with E-state index in [4.69, 9.17) is 5.73 Å². The van der Waals surface area contributed by atoms with Gasteiger partial charge in [-0.25, -0.2) is 0 Å². The van der Waals surface area contributed by atoms with E-state index < -0.39 is 0 Å². The molecule has 0 radical (unpaired) electrons. The first-order chi connectivity index (χ1) is 12.7. The fourth-order valence-electron chi connectivity index (χ4n) is 3.41. The van der Waals surface area contributed by atoms with Crippen molar-refractivity contribution in [3.63, 3.8) is 0 Å². The van der Waals surface area contributed by atoms with E-state index in [1.165, 1.54) is 10.6 Å². The first-order valence-electron chi connectivity index (χ1n) is 9.04. The fourth-order valence-corrected chi connectivity index (χ4v) is 4.41. The Morgan fingerprint density at radius 2 is 2.04 bits per heavy atom. The van der Waals surface area contributed by atoms with E-state index >= 15 is 0 Å². The Morgan fingerprint density at radius 3 is 2.81 bits per heavy atom. The van der Waals surface area contributed by atoms with Crippen molar-refractivity contribution in [1.29, 1.82) is 0 Å². The van der Waals surface area contributed by atoms with Crippen LogP contribution in [0.25, 0.3) is 5.57 Å². The second-order valence-corrected chi connectivity index (χ2v) is 7.77. The van der Waals surface area contributed by atoms with Gasteiger partial charge in [-0.05, 0) is 47.4 Å². The number of nitrogen functional groups attached to an aromatic ring is 1. The zero-order valence-corrected chi connectivity index (χ0v) is 15.5. The lowest BCUT2D eigenvalue weighted by Crippen LogP contribution is -2.43. The molecule has 0 saturated carbocycles. The van der Waals surface area contributed by atoms with Crippen molar-refractivity contribution in [2.24, 2.45) is 0 Å². The number of piperazine rings is 1. The van der Waals surface area contributed by atoms with Gasteiger partial charge in [-0.3, -0.25) is 4.79 Å². The molecule has 5 heteroatoms. The summed E-state index contributed by atoms with van der Waals surface area (Å²) in [5.74, 6) is 0.138. The van der Waals surface area contributed by atoms with Gasteiger partial charge in [0.2, 0.25) is 0 Å². The van der Waals surface area contributed by atoms with Crippen LogP contribution < -0.4 is 16.0 Å². The molecule has 2 heterocycles.